The molecule has 2 aromatic rings. The smallest absolute Gasteiger partial charge is 0.203 e. The first-order valence-electron chi connectivity index (χ1n) is 6.70. The van der Waals surface area contributed by atoms with Crippen molar-refractivity contribution in [3.8, 4) is 0 Å². The van der Waals surface area contributed by atoms with Gasteiger partial charge in [-0.3, -0.25) is 0 Å². The number of aryl methyl sites for hydroxylation is 1. The highest BCUT2D eigenvalue weighted by atomic mass is 19.1. The van der Waals surface area contributed by atoms with Gasteiger partial charge in [0.2, 0.25) is 5.95 Å². The summed E-state index contributed by atoms with van der Waals surface area (Å²) in [6, 6.07) is 6.00. The Balaban J connectivity index is 1.78. The van der Waals surface area contributed by atoms with Crippen molar-refractivity contribution >= 4 is 5.95 Å². The summed E-state index contributed by atoms with van der Waals surface area (Å²) in [4.78, 5) is 4.34. The van der Waals surface area contributed by atoms with Crippen molar-refractivity contribution in [3.63, 3.8) is 0 Å². The van der Waals surface area contributed by atoms with Crippen molar-refractivity contribution in [1.29, 1.82) is 0 Å². The molecule has 1 N–H and O–H groups in total. The van der Waals surface area contributed by atoms with Crippen LogP contribution in [0.2, 0.25) is 0 Å². The molecule has 3 nitrogen and oxygen atoms in total. The number of hydrogen-bond acceptors (Lipinski definition) is 2. The van der Waals surface area contributed by atoms with Gasteiger partial charge in [0.05, 0.1) is 6.04 Å². The van der Waals surface area contributed by atoms with Crippen LogP contribution in [0.3, 0.4) is 0 Å². The highest BCUT2D eigenvalue weighted by Crippen LogP contribution is 2.37. The summed E-state index contributed by atoms with van der Waals surface area (Å²) in [5.74, 6) is 0.715. The molecule has 0 bridgehead atoms. The Labute approximate surface area is 112 Å². The van der Waals surface area contributed by atoms with Crippen LogP contribution in [0.5, 0.6) is 0 Å². The molecule has 1 unspecified atom stereocenters. The van der Waals surface area contributed by atoms with Crippen LogP contribution in [0.25, 0.3) is 0 Å². The molecule has 0 radical (unpaired) electrons. The van der Waals surface area contributed by atoms with Crippen molar-refractivity contribution in [3.05, 3.63) is 47.5 Å². The molecule has 1 atom stereocenters. The van der Waals surface area contributed by atoms with E-state index in [4.69, 9.17) is 0 Å². The maximum absolute atomic E-state index is 13.6. The Morgan fingerprint density at radius 3 is 2.89 bits per heavy atom. The van der Waals surface area contributed by atoms with E-state index in [2.05, 4.69) is 14.9 Å². The third kappa shape index (κ3) is 2.48. The zero-order valence-corrected chi connectivity index (χ0v) is 11.2. The molecule has 1 aromatic heterocycles. The number of imidazole rings is 1. The van der Waals surface area contributed by atoms with Crippen molar-refractivity contribution < 1.29 is 4.39 Å². The third-order valence-electron chi connectivity index (χ3n) is 3.65. The summed E-state index contributed by atoms with van der Waals surface area (Å²) < 4.78 is 15.8. The predicted molar refractivity (Wildman–Crippen MR) is 73.7 cm³/mol. The average molecular weight is 259 g/mol. The minimum absolute atomic E-state index is 0.0370. The van der Waals surface area contributed by atoms with Gasteiger partial charge >= 0.3 is 0 Å². The first-order valence-corrected chi connectivity index (χ1v) is 6.70. The van der Waals surface area contributed by atoms with Crippen LogP contribution in [-0.2, 0) is 0 Å². The fourth-order valence-corrected chi connectivity index (χ4v) is 2.23. The van der Waals surface area contributed by atoms with Gasteiger partial charge in [-0.25, -0.2) is 9.37 Å². The molecule has 0 spiro atoms. The molecule has 100 valence electrons. The van der Waals surface area contributed by atoms with Crippen LogP contribution in [0.15, 0.2) is 30.6 Å². The second-order valence-corrected chi connectivity index (χ2v) is 5.26. The SMILES string of the molecule is Cc1ccc(C(C)Nc2nccn2C2CC2)cc1F. The molecule has 1 saturated carbocycles. The van der Waals surface area contributed by atoms with Gasteiger partial charge in [-0.1, -0.05) is 12.1 Å². The first kappa shape index (κ1) is 12.2. The van der Waals surface area contributed by atoms with Crippen molar-refractivity contribution in [2.45, 2.75) is 38.8 Å². The van der Waals surface area contributed by atoms with Gasteiger partial charge < -0.3 is 9.88 Å². The summed E-state index contributed by atoms with van der Waals surface area (Å²) in [5.41, 5.74) is 1.61. The van der Waals surface area contributed by atoms with Crippen molar-refractivity contribution in [1.82, 2.24) is 9.55 Å². The van der Waals surface area contributed by atoms with E-state index in [1.165, 1.54) is 12.8 Å². The molecule has 1 fully saturated rings. The van der Waals surface area contributed by atoms with E-state index in [-0.39, 0.29) is 11.9 Å². The Hall–Kier alpha value is -1.84. The van der Waals surface area contributed by atoms with E-state index >= 15 is 0 Å². The van der Waals surface area contributed by atoms with Gasteiger partial charge in [0.1, 0.15) is 5.82 Å². The number of hydrogen-bond donors (Lipinski definition) is 1. The van der Waals surface area contributed by atoms with Crippen LogP contribution < -0.4 is 5.32 Å². The standard InChI is InChI=1S/C15H18FN3/c1-10-3-4-12(9-14(10)16)11(2)18-15-17-7-8-19(15)13-5-6-13/h3-4,7-9,11,13H,5-6H2,1-2H3,(H,17,18). The quantitative estimate of drug-likeness (QED) is 0.904. The Kier molecular flexibility index (Phi) is 3.01. The monoisotopic (exact) mass is 259 g/mol. The highest BCUT2D eigenvalue weighted by molar-refractivity contribution is 5.35. The van der Waals surface area contributed by atoms with Gasteiger partial charge in [-0.2, -0.15) is 0 Å². The molecule has 0 aliphatic heterocycles. The van der Waals surface area contributed by atoms with E-state index < -0.39 is 0 Å². The zero-order valence-electron chi connectivity index (χ0n) is 11.2. The molecular weight excluding hydrogens is 241 g/mol. The van der Waals surface area contributed by atoms with Crippen molar-refractivity contribution in [2.24, 2.45) is 0 Å². The molecule has 4 heteroatoms. The van der Waals surface area contributed by atoms with Gasteiger partial charge in [0.15, 0.2) is 0 Å². The lowest BCUT2D eigenvalue weighted by Crippen LogP contribution is -2.11. The molecule has 19 heavy (non-hydrogen) atoms. The fourth-order valence-electron chi connectivity index (χ4n) is 2.23. The molecule has 0 saturated heterocycles. The largest absolute Gasteiger partial charge is 0.349 e. The van der Waals surface area contributed by atoms with Gasteiger partial charge in [-0.15, -0.1) is 0 Å². The molecule has 3 rings (SSSR count). The van der Waals surface area contributed by atoms with Gasteiger partial charge in [0.25, 0.3) is 0 Å². The van der Waals surface area contributed by atoms with Crippen LogP contribution in [0, 0.1) is 12.7 Å². The Morgan fingerprint density at radius 2 is 2.21 bits per heavy atom. The lowest BCUT2D eigenvalue weighted by atomic mass is 10.1. The summed E-state index contributed by atoms with van der Waals surface area (Å²) >= 11 is 0. The van der Waals surface area contributed by atoms with Gasteiger partial charge in [0, 0.05) is 18.4 Å². The molecule has 1 aliphatic carbocycles. The van der Waals surface area contributed by atoms with Crippen molar-refractivity contribution in [2.75, 3.05) is 5.32 Å². The highest BCUT2D eigenvalue weighted by Gasteiger charge is 2.25. The van der Waals surface area contributed by atoms with Gasteiger partial charge in [-0.05, 0) is 43.9 Å². The predicted octanol–water partition coefficient (Wildman–Crippen LogP) is 3.84. The van der Waals surface area contributed by atoms with E-state index in [9.17, 15) is 4.39 Å². The third-order valence-corrected chi connectivity index (χ3v) is 3.65. The Bertz CT molecular complexity index is 587. The first-order chi connectivity index (χ1) is 9.15. The topological polar surface area (TPSA) is 29.9 Å². The average Bonchev–Trinajstić information content (AvgIpc) is 3.13. The molecule has 1 aliphatic rings. The number of rotatable bonds is 4. The molecular formula is C15H18FN3. The number of nitrogens with zero attached hydrogens (tertiary/aromatic N) is 2. The normalized spacial score (nSPS) is 16.4. The number of benzene rings is 1. The molecule has 0 amide bonds. The maximum atomic E-state index is 13.6. The maximum Gasteiger partial charge on any atom is 0.203 e. The van der Waals surface area contributed by atoms with Crippen LogP contribution in [0.4, 0.5) is 10.3 Å². The lowest BCUT2D eigenvalue weighted by molar-refractivity contribution is 0.614. The summed E-state index contributed by atoms with van der Waals surface area (Å²) in [7, 11) is 0. The molecule has 1 heterocycles. The van der Waals surface area contributed by atoms with E-state index in [1.54, 1.807) is 13.0 Å². The van der Waals surface area contributed by atoms with E-state index in [1.807, 2.05) is 31.5 Å². The zero-order chi connectivity index (χ0) is 13.4. The minimum Gasteiger partial charge on any atom is -0.349 e. The van der Waals surface area contributed by atoms with E-state index in [0.29, 0.717) is 11.6 Å². The summed E-state index contributed by atoms with van der Waals surface area (Å²) in [5, 5.41) is 3.36. The number of aromatic nitrogens is 2. The number of halogens is 1. The second-order valence-electron chi connectivity index (χ2n) is 5.26. The lowest BCUT2D eigenvalue weighted by Gasteiger charge is -2.16. The van der Waals surface area contributed by atoms with Crippen LogP contribution in [-0.4, -0.2) is 9.55 Å². The van der Waals surface area contributed by atoms with Crippen LogP contribution in [0.1, 0.15) is 43.0 Å². The Morgan fingerprint density at radius 1 is 1.42 bits per heavy atom. The van der Waals surface area contributed by atoms with E-state index in [0.717, 1.165) is 11.5 Å². The summed E-state index contributed by atoms with van der Waals surface area (Å²) in [6.07, 6.45) is 6.25. The second kappa shape index (κ2) is 4.68. The molecule has 1 aromatic carbocycles. The van der Waals surface area contributed by atoms with Crippen LogP contribution >= 0.6 is 0 Å². The summed E-state index contributed by atoms with van der Waals surface area (Å²) in [6.45, 7) is 3.80. The fraction of sp³-hybridized carbons (Fsp3) is 0.400. The minimum atomic E-state index is -0.156. The number of nitrogens with one attached hydrogen (secondary N) is 1. The number of anilines is 1.